The first kappa shape index (κ1) is 52.2. The van der Waals surface area contributed by atoms with Crippen LogP contribution >= 0.6 is 0 Å². The van der Waals surface area contributed by atoms with Crippen molar-refractivity contribution in [3.63, 3.8) is 0 Å². The summed E-state index contributed by atoms with van der Waals surface area (Å²) >= 11 is 0. The van der Waals surface area contributed by atoms with Gasteiger partial charge in [-0.1, -0.05) is 130 Å². The van der Waals surface area contributed by atoms with Crippen LogP contribution in [-0.2, 0) is 28.6 Å². The molecule has 8 heteroatoms. The Labute approximate surface area is 341 Å². The van der Waals surface area contributed by atoms with Gasteiger partial charge in [0.25, 0.3) is 0 Å². The maximum Gasteiger partial charge on any atom is 0.306 e. The smallest absolute Gasteiger partial charge is 0.306 e. The predicted molar refractivity (Wildman–Crippen MR) is 231 cm³/mol. The molecule has 0 saturated carbocycles. The highest BCUT2D eigenvalue weighted by Gasteiger charge is 2.25. The van der Waals surface area contributed by atoms with Crippen molar-refractivity contribution in [1.29, 1.82) is 0 Å². The summed E-state index contributed by atoms with van der Waals surface area (Å²) in [6.45, 7) is 4.33. The molecule has 316 valence electrons. The lowest BCUT2D eigenvalue weighted by atomic mass is 10.1. The second kappa shape index (κ2) is 38.1. The molecule has 0 aromatic carbocycles. The highest BCUT2D eigenvalue weighted by Crippen LogP contribution is 2.11. The first-order chi connectivity index (χ1) is 27.1. The van der Waals surface area contributed by atoms with E-state index >= 15 is 0 Å². The third kappa shape index (κ3) is 35.9. The molecule has 0 radical (unpaired) electrons. The Morgan fingerprint density at radius 3 is 1.45 bits per heavy atom. The quantitative estimate of drug-likeness (QED) is 0.0270. The number of carboxylic acids is 1. The Balaban J connectivity index is 4.51. The van der Waals surface area contributed by atoms with Crippen molar-refractivity contribution in [1.82, 2.24) is 0 Å². The minimum Gasteiger partial charge on any atom is -0.544 e. The van der Waals surface area contributed by atoms with Crippen molar-refractivity contribution in [3.8, 4) is 0 Å². The van der Waals surface area contributed by atoms with Gasteiger partial charge in [0.2, 0.25) is 0 Å². The van der Waals surface area contributed by atoms with E-state index in [1.54, 1.807) is 21.1 Å². The summed E-state index contributed by atoms with van der Waals surface area (Å²) < 4.78 is 17.0. The summed E-state index contributed by atoms with van der Waals surface area (Å²) in [5.74, 6) is -1.85. The molecular weight excluding hydrogens is 703 g/mol. The lowest BCUT2D eigenvalue weighted by Crippen LogP contribution is -2.55. The number of quaternary nitrogens is 1. The standard InChI is InChI=1S/C48H77NO7/c1-6-8-10-12-14-16-18-20-21-22-23-24-25-26-27-29-31-33-35-37-39-47(51)56-44(42-54-41-40-45(48(52)53)49(3,4)5)43-55-46(50)38-36-34-32-30-28-19-17-15-13-11-9-7-2/h8-11,14-17,20-21,23-24,26-27,31,33,44-45H,6-7,12-13,18-19,22,25,28-30,32,34-43H2,1-5H3/b10-8+,11-9+,16-14+,17-15+,21-20+,24-23+,27-26+,33-31+. The van der Waals surface area contributed by atoms with Gasteiger partial charge in [0, 0.05) is 19.3 Å². The summed E-state index contributed by atoms with van der Waals surface area (Å²) in [5, 5.41) is 11.6. The molecule has 0 aromatic heterocycles. The first-order valence-electron chi connectivity index (χ1n) is 21.3. The van der Waals surface area contributed by atoms with Crippen molar-refractivity contribution in [2.24, 2.45) is 0 Å². The molecule has 0 bridgehead atoms. The number of unbranched alkanes of at least 4 members (excludes halogenated alkanes) is 6. The first-order valence-corrected chi connectivity index (χ1v) is 21.3. The number of rotatable bonds is 36. The topological polar surface area (TPSA) is 102 Å². The van der Waals surface area contributed by atoms with Crippen molar-refractivity contribution in [2.75, 3.05) is 41.0 Å². The van der Waals surface area contributed by atoms with Gasteiger partial charge in [-0.2, -0.15) is 0 Å². The highest BCUT2D eigenvalue weighted by molar-refractivity contribution is 5.70. The summed E-state index contributed by atoms with van der Waals surface area (Å²) in [7, 11) is 5.36. The van der Waals surface area contributed by atoms with E-state index in [2.05, 4.69) is 111 Å². The van der Waals surface area contributed by atoms with Crippen LogP contribution in [0.3, 0.4) is 0 Å². The summed E-state index contributed by atoms with van der Waals surface area (Å²) in [4.78, 5) is 36.8. The zero-order valence-electron chi connectivity index (χ0n) is 35.8. The van der Waals surface area contributed by atoms with Crippen LogP contribution in [0.15, 0.2) is 97.2 Å². The maximum absolute atomic E-state index is 12.7. The van der Waals surface area contributed by atoms with Gasteiger partial charge in [-0.15, -0.1) is 0 Å². The van der Waals surface area contributed by atoms with Gasteiger partial charge >= 0.3 is 11.9 Å². The molecule has 2 unspecified atom stereocenters. The largest absolute Gasteiger partial charge is 0.544 e. The normalized spacial score (nSPS) is 13.9. The fourth-order valence-corrected chi connectivity index (χ4v) is 5.47. The van der Waals surface area contributed by atoms with E-state index < -0.39 is 18.1 Å². The Kier molecular flexibility index (Phi) is 35.6. The van der Waals surface area contributed by atoms with Crippen molar-refractivity contribution in [3.05, 3.63) is 97.2 Å². The number of hydrogen-bond donors (Lipinski definition) is 0. The van der Waals surface area contributed by atoms with Crippen molar-refractivity contribution in [2.45, 2.75) is 148 Å². The van der Waals surface area contributed by atoms with Crippen molar-refractivity contribution >= 4 is 17.9 Å². The average Bonchev–Trinajstić information content (AvgIpc) is 3.15. The Bertz CT molecular complexity index is 1230. The third-order valence-electron chi connectivity index (χ3n) is 8.72. The van der Waals surface area contributed by atoms with E-state index in [-0.39, 0.29) is 49.1 Å². The molecule has 0 N–H and O–H groups in total. The van der Waals surface area contributed by atoms with Crippen LogP contribution in [0.1, 0.15) is 136 Å². The molecule has 2 atom stereocenters. The number of ether oxygens (including phenoxy) is 3. The minimum absolute atomic E-state index is 0.00637. The fraction of sp³-hybridized carbons (Fsp3) is 0.604. The number of carbonyl (C=O) groups is 3. The van der Waals surface area contributed by atoms with E-state index in [4.69, 9.17) is 14.2 Å². The Hall–Kier alpha value is -3.75. The molecule has 0 saturated heterocycles. The van der Waals surface area contributed by atoms with Crippen LogP contribution in [0, 0.1) is 0 Å². The van der Waals surface area contributed by atoms with Gasteiger partial charge in [0.15, 0.2) is 6.10 Å². The summed E-state index contributed by atoms with van der Waals surface area (Å²) in [6, 6.07) is -0.743. The van der Waals surface area contributed by atoms with Gasteiger partial charge < -0.3 is 28.6 Å². The van der Waals surface area contributed by atoms with Crippen LogP contribution in [0.5, 0.6) is 0 Å². The van der Waals surface area contributed by atoms with Crippen LogP contribution in [0.4, 0.5) is 0 Å². The maximum atomic E-state index is 12.7. The highest BCUT2D eigenvalue weighted by atomic mass is 16.6. The lowest BCUT2D eigenvalue weighted by Gasteiger charge is -2.34. The van der Waals surface area contributed by atoms with Crippen LogP contribution in [-0.4, -0.2) is 75.5 Å². The van der Waals surface area contributed by atoms with E-state index in [0.717, 1.165) is 96.3 Å². The number of esters is 2. The molecule has 0 heterocycles. The summed E-state index contributed by atoms with van der Waals surface area (Å²) in [5.41, 5.74) is 0. The van der Waals surface area contributed by atoms with Crippen LogP contribution in [0.2, 0.25) is 0 Å². The number of carboxylic acid groups (broad SMARTS) is 1. The van der Waals surface area contributed by atoms with Gasteiger partial charge in [0.05, 0.1) is 40.3 Å². The number of carbonyl (C=O) groups excluding carboxylic acids is 3. The number of allylic oxidation sites excluding steroid dienone is 16. The molecule has 0 aromatic rings. The van der Waals surface area contributed by atoms with Crippen molar-refractivity contribution < 1.29 is 38.2 Å². The van der Waals surface area contributed by atoms with E-state index in [9.17, 15) is 19.5 Å². The monoisotopic (exact) mass is 780 g/mol. The van der Waals surface area contributed by atoms with E-state index in [0.29, 0.717) is 12.8 Å². The SMILES string of the molecule is CC/C=C/C/C=C/C/C=C/C/C=C/C/C=C/C/C=C/CCCC(=O)OC(COCCC(C(=O)[O-])[N+](C)(C)C)COC(=O)CCCCCCC/C=C/C/C=C/CC. The van der Waals surface area contributed by atoms with Gasteiger partial charge in [-0.3, -0.25) is 9.59 Å². The molecule has 0 fully saturated rings. The number of aliphatic carboxylic acids is 1. The molecular formula is C48H77NO7. The average molecular weight is 780 g/mol. The predicted octanol–water partition coefficient (Wildman–Crippen LogP) is 10.2. The molecule has 0 aliphatic heterocycles. The fourth-order valence-electron chi connectivity index (χ4n) is 5.47. The Morgan fingerprint density at radius 2 is 0.964 bits per heavy atom. The molecule has 0 amide bonds. The molecule has 0 spiro atoms. The second-order valence-electron chi connectivity index (χ2n) is 14.8. The Morgan fingerprint density at radius 1 is 0.536 bits per heavy atom. The second-order valence-corrected chi connectivity index (χ2v) is 14.8. The van der Waals surface area contributed by atoms with Gasteiger partial charge in [0.1, 0.15) is 12.6 Å². The molecule has 56 heavy (non-hydrogen) atoms. The zero-order chi connectivity index (χ0) is 41.4. The van der Waals surface area contributed by atoms with Crippen LogP contribution < -0.4 is 5.11 Å². The van der Waals surface area contributed by atoms with Gasteiger partial charge in [-0.05, 0) is 83.5 Å². The number of hydrogen-bond acceptors (Lipinski definition) is 7. The molecule has 0 rings (SSSR count). The molecule has 0 aliphatic carbocycles. The number of nitrogens with zero attached hydrogens (tertiary/aromatic N) is 1. The van der Waals surface area contributed by atoms with Gasteiger partial charge in [-0.25, -0.2) is 0 Å². The number of likely N-dealkylation sites (N-methyl/N-ethyl adjacent to an activating group) is 1. The van der Waals surface area contributed by atoms with E-state index in [1.807, 2.05) is 0 Å². The molecule has 0 aliphatic rings. The van der Waals surface area contributed by atoms with Crippen LogP contribution in [0.25, 0.3) is 0 Å². The zero-order valence-corrected chi connectivity index (χ0v) is 35.8. The van der Waals surface area contributed by atoms with E-state index in [1.165, 1.54) is 0 Å². The lowest BCUT2D eigenvalue weighted by molar-refractivity contribution is -0.889. The molecule has 8 nitrogen and oxygen atoms in total. The summed E-state index contributed by atoms with van der Waals surface area (Å²) in [6.07, 6.45) is 50.1. The minimum atomic E-state index is -1.14. The third-order valence-corrected chi connectivity index (χ3v) is 8.72.